The highest BCUT2D eigenvalue weighted by Gasteiger charge is 2.20. The predicted molar refractivity (Wildman–Crippen MR) is 97.6 cm³/mol. The van der Waals surface area contributed by atoms with Crippen molar-refractivity contribution in [1.29, 1.82) is 0 Å². The molecule has 1 aliphatic heterocycles. The first kappa shape index (κ1) is 17.3. The van der Waals surface area contributed by atoms with Crippen molar-refractivity contribution in [1.82, 2.24) is 19.5 Å². The van der Waals surface area contributed by atoms with Crippen molar-refractivity contribution in [3.05, 3.63) is 51.2 Å². The van der Waals surface area contributed by atoms with E-state index in [-0.39, 0.29) is 10.8 Å². The number of nitrogens with one attached hydrogen (secondary N) is 2. The summed E-state index contributed by atoms with van der Waals surface area (Å²) in [6.07, 6.45) is 10.0. The highest BCUT2D eigenvalue weighted by atomic mass is 16.6. The van der Waals surface area contributed by atoms with E-state index in [0.29, 0.717) is 11.4 Å². The fourth-order valence-electron chi connectivity index (χ4n) is 2.17. The monoisotopic (exact) mass is 354 g/mol. The maximum Gasteiger partial charge on any atom is 0.423 e. The SMILES string of the molecule is CC(C)(C)OC(=O)n1c(=CC=C2C=NC=N2)[nH]/c(=C\c2cnc[nH]2)c1=O. The van der Waals surface area contributed by atoms with Gasteiger partial charge >= 0.3 is 6.09 Å². The van der Waals surface area contributed by atoms with Crippen LogP contribution in [0.25, 0.3) is 12.2 Å². The van der Waals surface area contributed by atoms with Crippen molar-refractivity contribution >= 4 is 30.8 Å². The lowest BCUT2D eigenvalue weighted by molar-refractivity contribution is 0.0526. The molecule has 0 unspecified atom stereocenters. The number of H-pyrrole nitrogens is 2. The van der Waals surface area contributed by atoms with Crippen molar-refractivity contribution < 1.29 is 9.53 Å². The number of hydrogen-bond acceptors (Lipinski definition) is 6. The Hall–Kier alpha value is -3.49. The maximum atomic E-state index is 12.7. The lowest BCUT2D eigenvalue weighted by Gasteiger charge is -2.18. The van der Waals surface area contributed by atoms with Gasteiger partial charge in [-0.25, -0.2) is 19.8 Å². The van der Waals surface area contributed by atoms with Crippen molar-refractivity contribution in [2.24, 2.45) is 9.98 Å². The number of hydrogen-bond donors (Lipinski definition) is 2. The second-order valence-electron chi connectivity index (χ2n) is 6.48. The topological polar surface area (TPSA) is 117 Å². The largest absolute Gasteiger partial charge is 0.443 e. The van der Waals surface area contributed by atoms with Gasteiger partial charge in [0.2, 0.25) is 0 Å². The van der Waals surface area contributed by atoms with Crippen LogP contribution in [0.2, 0.25) is 0 Å². The number of aliphatic imine (C=N–C) groups is 2. The maximum absolute atomic E-state index is 12.7. The van der Waals surface area contributed by atoms with Crippen LogP contribution in [0.5, 0.6) is 0 Å². The van der Waals surface area contributed by atoms with Crippen molar-refractivity contribution in [2.75, 3.05) is 0 Å². The molecule has 2 N–H and O–H groups in total. The summed E-state index contributed by atoms with van der Waals surface area (Å²) in [6.45, 7) is 5.19. The zero-order chi connectivity index (χ0) is 18.7. The molecule has 0 radical (unpaired) electrons. The predicted octanol–water partition coefficient (Wildman–Crippen LogP) is 0.289. The number of ether oxygens (including phenoxy) is 1. The lowest BCUT2D eigenvalue weighted by atomic mass is 10.2. The molecule has 0 aromatic carbocycles. The summed E-state index contributed by atoms with van der Waals surface area (Å²) in [5.74, 6) is 0. The molecule has 134 valence electrons. The zero-order valence-corrected chi connectivity index (χ0v) is 14.6. The van der Waals surface area contributed by atoms with Crippen LogP contribution in [0.15, 0.2) is 39.1 Å². The van der Waals surface area contributed by atoms with Gasteiger partial charge in [-0.05, 0) is 39.0 Å². The first-order chi connectivity index (χ1) is 12.3. The zero-order valence-electron chi connectivity index (χ0n) is 14.6. The molecule has 0 saturated heterocycles. The molecule has 9 heteroatoms. The summed E-state index contributed by atoms with van der Waals surface area (Å²) in [4.78, 5) is 42.8. The molecule has 0 bridgehead atoms. The van der Waals surface area contributed by atoms with Crippen LogP contribution >= 0.6 is 0 Å². The average Bonchev–Trinajstić information content (AvgIpc) is 3.27. The Balaban J connectivity index is 2.15. The summed E-state index contributed by atoms with van der Waals surface area (Å²) in [7, 11) is 0. The molecule has 0 fully saturated rings. The molecule has 3 heterocycles. The van der Waals surface area contributed by atoms with Crippen molar-refractivity contribution in [3.8, 4) is 0 Å². The average molecular weight is 354 g/mol. The second kappa shape index (κ2) is 6.79. The molecule has 0 atom stereocenters. The molecule has 3 rings (SSSR count). The van der Waals surface area contributed by atoms with E-state index in [1.54, 1.807) is 51.4 Å². The summed E-state index contributed by atoms with van der Waals surface area (Å²) in [5.41, 5.74) is 0.221. The van der Waals surface area contributed by atoms with Gasteiger partial charge in [0.25, 0.3) is 5.56 Å². The standard InChI is InChI=1S/C17H18N6O3/c1-17(2,3)26-16(25)23-14(5-4-11-7-18-9-20-11)22-13(15(23)24)6-12-8-19-10-21-12/h4-10,22H,1-3H3,(H,19,21)/b11-4?,13-6-,14-5?. The van der Waals surface area contributed by atoms with Gasteiger partial charge in [-0.3, -0.25) is 4.79 Å². The van der Waals surface area contributed by atoms with Crippen LogP contribution in [0, 0.1) is 0 Å². The fourth-order valence-corrected chi connectivity index (χ4v) is 2.17. The number of rotatable bonds is 2. The molecule has 26 heavy (non-hydrogen) atoms. The van der Waals surface area contributed by atoms with Gasteiger partial charge in [0.1, 0.15) is 22.8 Å². The summed E-state index contributed by atoms with van der Waals surface area (Å²) >= 11 is 0. The van der Waals surface area contributed by atoms with E-state index in [2.05, 4.69) is 24.9 Å². The van der Waals surface area contributed by atoms with E-state index in [1.165, 1.54) is 12.7 Å². The first-order valence-corrected chi connectivity index (χ1v) is 7.86. The van der Waals surface area contributed by atoms with Gasteiger partial charge in [0.05, 0.1) is 30.1 Å². The Labute approximate surface area is 148 Å². The number of carbonyl (C=O) groups is 1. The molecule has 2 aromatic rings. The quantitative estimate of drug-likeness (QED) is 0.806. The van der Waals surface area contributed by atoms with Crippen LogP contribution in [0.4, 0.5) is 4.79 Å². The minimum Gasteiger partial charge on any atom is -0.443 e. The van der Waals surface area contributed by atoms with Gasteiger partial charge < -0.3 is 14.7 Å². The summed E-state index contributed by atoms with van der Waals surface area (Å²) in [6, 6.07) is 0. The van der Waals surface area contributed by atoms with E-state index in [4.69, 9.17) is 4.74 Å². The number of nitrogens with zero attached hydrogens (tertiary/aromatic N) is 4. The van der Waals surface area contributed by atoms with Gasteiger partial charge in [-0.1, -0.05) is 0 Å². The highest BCUT2D eigenvalue weighted by molar-refractivity contribution is 5.92. The fraction of sp³-hybridized carbons (Fsp3) is 0.235. The van der Waals surface area contributed by atoms with Gasteiger partial charge in [0, 0.05) is 0 Å². The minimum absolute atomic E-state index is 0.216. The summed E-state index contributed by atoms with van der Waals surface area (Å²) < 4.78 is 6.28. The first-order valence-electron chi connectivity index (χ1n) is 7.86. The van der Waals surface area contributed by atoms with Crippen LogP contribution < -0.4 is 16.4 Å². The number of aromatic nitrogens is 4. The van der Waals surface area contributed by atoms with Crippen molar-refractivity contribution in [2.45, 2.75) is 26.4 Å². The van der Waals surface area contributed by atoms with Crippen molar-refractivity contribution in [3.63, 3.8) is 0 Å². The molecule has 9 nitrogen and oxygen atoms in total. The van der Waals surface area contributed by atoms with Gasteiger partial charge in [-0.2, -0.15) is 4.57 Å². The number of allylic oxidation sites excluding steroid dienone is 2. The second-order valence-corrected chi connectivity index (χ2v) is 6.48. The summed E-state index contributed by atoms with van der Waals surface area (Å²) in [5, 5.41) is 0.216. The van der Waals surface area contributed by atoms with Crippen LogP contribution in [-0.4, -0.2) is 43.8 Å². The third-order valence-corrected chi connectivity index (χ3v) is 3.22. The number of aromatic amines is 2. The Morgan fingerprint density at radius 1 is 1.31 bits per heavy atom. The Bertz CT molecular complexity index is 1060. The smallest absolute Gasteiger partial charge is 0.423 e. The van der Waals surface area contributed by atoms with E-state index in [9.17, 15) is 9.59 Å². The molecular weight excluding hydrogens is 336 g/mol. The lowest BCUT2D eigenvalue weighted by Crippen LogP contribution is -2.40. The van der Waals surface area contributed by atoms with E-state index in [0.717, 1.165) is 4.57 Å². The molecule has 0 amide bonds. The van der Waals surface area contributed by atoms with E-state index in [1.807, 2.05) is 0 Å². The minimum atomic E-state index is -0.767. The number of carbonyl (C=O) groups excluding carboxylic acids is 1. The third kappa shape index (κ3) is 3.94. The van der Waals surface area contributed by atoms with Crippen LogP contribution in [-0.2, 0) is 4.74 Å². The highest BCUT2D eigenvalue weighted by Crippen LogP contribution is 2.07. The normalized spacial score (nSPS) is 16.8. The molecule has 0 spiro atoms. The molecule has 0 aliphatic carbocycles. The van der Waals surface area contributed by atoms with Crippen LogP contribution in [0.1, 0.15) is 26.5 Å². The van der Waals surface area contributed by atoms with Crippen LogP contribution in [0.3, 0.4) is 0 Å². The number of imidazole rings is 2. The molecule has 2 aromatic heterocycles. The van der Waals surface area contributed by atoms with E-state index >= 15 is 0 Å². The van der Waals surface area contributed by atoms with Gasteiger partial charge in [-0.15, -0.1) is 0 Å². The Morgan fingerprint density at radius 2 is 2.12 bits per heavy atom. The molecular formula is C17H18N6O3. The van der Waals surface area contributed by atoms with E-state index < -0.39 is 17.3 Å². The molecule has 1 aliphatic rings. The molecule has 0 saturated carbocycles. The Morgan fingerprint density at radius 3 is 2.73 bits per heavy atom. The van der Waals surface area contributed by atoms with Gasteiger partial charge in [0.15, 0.2) is 0 Å². The third-order valence-electron chi connectivity index (χ3n) is 3.22. The Kier molecular flexibility index (Phi) is 4.53.